The van der Waals surface area contributed by atoms with Gasteiger partial charge in [0, 0.05) is 30.6 Å². The van der Waals surface area contributed by atoms with E-state index in [1.165, 1.54) is 6.07 Å². The molecule has 1 atom stereocenters. The van der Waals surface area contributed by atoms with Gasteiger partial charge < -0.3 is 9.64 Å². The molecule has 0 fully saturated rings. The fourth-order valence-corrected chi connectivity index (χ4v) is 4.23. The standard InChI is InChI=1S/C15H16ClNO4S/c1-17(2)13-7-3-6-12-11(13)5-4-8-14(12)22(19,20)9-15(16)21-10-18/h3-8,10,15H,9H2,1-2H3. The largest absolute Gasteiger partial charge is 0.447 e. The van der Waals surface area contributed by atoms with Crippen molar-refractivity contribution in [2.45, 2.75) is 10.5 Å². The summed E-state index contributed by atoms with van der Waals surface area (Å²) in [5.41, 5.74) is -0.295. The van der Waals surface area contributed by atoms with Crippen LogP contribution in [0.3, 0.4) is 0 Å². The van der Waals surface area contributed by atoms with E-state index >= 15 is 0 Å². The number of sulfone groups is 1. The molecular formula is C15H16ClNO4S. The number of rotatable bonds is 6. The zero-order valence-electron chi connectivity index (χ0n) is 12.2. The summed E-state index contributed by atoms with van der Waals surface area (Å²) in [6.45, 7) is 0.139. The third-order valence-corrected chi connectivity index (χ3v) is 5.44. The summed E-state index contributed by atoms with van der Waals surface area (Å²) in [4.78, 5) is 12.4. The number of anilines is 1. The van der Waals surface area contributed by atoms with Crippen LogP contribution in [-0.2, 0) is 19.4 Å². The van der Waals surface area contributed by atoms with Gasteiger partial charge in [-0.05, 0) is 12.1 Å². The van der Waals surface area contributed by atoms with E-state index in [0.29, 0.717) is 5.39 Å². The van der Waals surface area contributed by atoms with Crippen LogP contribution in [0.5, 0.6) is 0 Å². The summed E-state index contributed by atoms with van der Waals surface area (Å²) in [7, 11) is 0.0979. The molecule has 5 nitrogen and oxygen atoms in total. The Labute approximate surface area is 134 Å². The highest BCUT2D eigenvalue weighted by atomic mass is 35.5. The maximum absolute atomic E-state index is 12.5. The highest BCUT2D eigenvalue weighted by Gasteiger charge is 2.23. The second-order valence-corrected chi connectivity index (χ2v) is 7.44. The summed E-state index contributed by atoms with van der Waals surface area (Å²) >= 11 is 5.71. The van der Waals surface area contributed by atoms with Crippen molar-refractivity contribution in [3.63, 3.8) is 0 Å². The number of hydrogen-bond acceptors (Lipinski definition) is 5. The Morgan fingerprint density at radius 1 is 1.18 bits per heavy atom. The number of nitrogens with zero attached hydrogens (tertiary/aromatic N) is 1. The van der Waals surface area contributed by atoms with Gasteiger partial charge in [0.25, 0.3) is 6.47 Å². The van der Waals surface area contributed by atoms with Gasteiger partial charge in [0.2, 0.25) is 0 Å². The Morgan fingerprint density at radius 2 is 1.82 bits per heavy atom. The van der Waals surface area contributed by atoms with Gasteiger partial charge >= 0.3 is 0 Å². The van der Waals surface area contributed by atoms with Crippen LogP contribution in [-0.4, -0.2) is 40.3 Å². The van der Waals surface area contributed by atoms with Gasteiger partial charge in [0.15, 0.2) is 15.4 Å². The van der Waals surface area contributed by atoms with Crippen molar-refractivity contribution >= 4 is 44.4 Å². The summed E-state index contributed by atoms with van der Waals surface area (Å²) in [6.07, 6.45) is 0. The normalized spacial score (nSPS) is 12.9. The van der Waals surface area contributed by atoms with Gasteiger partial charge in [-0.15, -0.1) is 0 Å². The molecule has 0 saturated carbocycles. The lowest BCUT2D eigenvalue weighted by Gasteiger charge is -2.17. The molecule has 118 valence electrons. The number of carbonyl (C=O) groups is 1. The third-order valence-electron chi connectivity index (χ3n) is 3.23. The van der Waals surface area contributed by atoms with Crippen LogP contribution >= 0.6 is 11.6 Å². The molecule has 0 saturated heterocycles. The molecule has 2 aromatic rings. The van der Waals surface area contributed by atoms with Crippen molar-refractivity contribution in [2.24, 2.45) is 0 Å². The number of benzene rings is 2. The average Bonchev–Trinajstić information content (AvgIpc) is 2.45. The van der Waals surface area contributed by atoms with Crippen molar-refractivity contribution in [2.75, 3.05) is 24.7 Å². The molecule has 0 aromatic heterocycles. The molecule has 2 aromatic carbocycles. The third kappa shape index (κ3) is 3.34. The van der Waals surface area contributed by atoms with Gasteiger partial charge in [-0.1, -0.05) is 35.9 Å². The molecule has 0 aliphatic carbocycles. The Hall–Kier alpha value is -1.79. The topological polar surface area (TPSA) is 63.7 Å². The molecule has 7 heteroatoms. The predicted octanol–water partition coefficient (Wildman–Crippen LogP) is 2.42. The van der Waals surface area contributed by atoms with Gasteiger partial charge in [0.1, 0.15) is 5.75 Å². The Morgan fingerprint density at radius 3 is 2.45 bits per heavy atom. The SMILES string of the molecule is CN(C)c1cccc2c(S(=O)(=O)CC(Cl)OC=O)cccc12. The molecule has 0 amide bonds. The maximum atomic E-state index is 12.5. The van der Waals surface area contributed by atoms with Crippen LogP contribution in [0.15, 0.2) is 41.3 Å². The Bertz CT molecular complexity index is 789. The van der Waals surface area contributed by atoms with Crippen molar-refractivity contribution in [3.8, 4) is 0 Å². The number of halogens is 1. The highest BCUT2D eigenvalue weighted by molar-refractivity contribution is 7.91. The number of alkyl halides is 1. The molecule has 0 spiro atoms. The lowest BCUT2D eigenvalue weighted by molar-refractivity contribution is -0.129. The molecule has 2 rings (SSSR count). The van der Waals surface area contributed by atoms with E-state index in [9.17, 15) is 13.2 Å². The summed E-state index contributed by atoms with van der Waals surface area (Å²) in [5, 5.41) is 1.44. The molecule has 0 radical (unpaired) electrons. The number of carbonyl (C=O) groups excluding carboxylic acids is 1. The minimum Gasteiger partial charge on any atom is -0.447 e. The van der Waals surface area contributed by atoms with Gasteiger partial charge in [-0.25, -0.2) is 8.42 Å². The first-order valence-corrected chi connectivity index (χ1v) is 8.60. The summed E-state index contributed by atoms with van der Waals surface area (Å²) in [5.74, 6) is -0.474. The minimum absolute atomic E-state index is 0.139. The summed E-state index contributed by atoms with van der Waals surface area (Å²) < 4.78 is 29.5. The second kappa shape index (κ2) is 6.54. The number of fused-ring (bicyclic) bond motifs is 1. The smallest absolute Gasteiger partial charge is 0.294 e. The van der Waals surface area contributed by atoms with E-state index in [-0.39, 0.29) is 11.4 Å². The average molecular weight is 342 g/mol. The van der Waals surface area contributed by atoms with Gasteiger partial charge in [0.05, 0.1) is 4.90 Å². The van der Waals surface area contributed by atoms with Crippen molar-refractivity contribution in [3.05, 3.63) is 36.4 Å². The van der Waals surface area contributed by atoms with Crippen LogP contribution in [0, 0.1) is 0 Å². The van der Waals surface area contributed by atoms with Crippen molar-refractivity contribution < 1.29 is 17.9 Å². The van der Waals surface area contributed by atoms with Gasteiger partial charge in [-0.2, -0.15) is 0 Å². The van der Waals surface area contributed by atoms with Crippen LogP contribution in [0.1, 0.15) is 0 Å². The molecule has 22 heavy (non-hydrogen) atoms. The highest BCUT2D eigenvalue weighted by Crippen LogP contribution is 2.31. The van der Waals surface area contributed by atoms with E-state index in [2.05, 4.69) is 4.74 Å². The number of ether oxygens (including phenoxy) is 1. The molecular weight excluding hydrogens is 326 g/mol. The molecule has 0 aliphatic rings. The first kappa shape index (κ1) is 16.6. The molecule has 0 N–H and O–H groups in total. The Balaban J connectivity index is 2.57. The van der Waals surface area contributed by atoms with E-state index in [0.717, 1.165) is 11.1 Å². The first-order chi connectivity index (χ1) is 10.4. The van der Waals surface area contributed by atoms with Crippen LogP contribution in [0.2, 0.25) is 0 Å². The van der Waals surface area contributed by atoms with E-state index < -0.39 is 21.2 Å². The van der Waals surface area contributed by atoms with Crippen molar-refractivity contribution in [1.82, 2.24) is 0 Å². The monoisotopic (exact) mass is 341 g/mol. The van der Waals surface area contributed by atoms with Crippen molar-refractivity contribution in [1.29, 1.82) is 0 Å². The molecule has 0 aliphatic heterocycles. The van der Waals surface area contributed by atoms with E-state index in [1.54, 1.807) is 18.2 Å². The second-order valence-electron chi connectivity index (χ2n) is 4.95. The Kier molecular flexibility index (Phi) is 4.93. The molecule has 0 bridgehead atoms. The maximum Gasteiger partial charge on any atom is 0.294 e. The molecule has 1 unspecified atom stereocenters. The zero-order valence-corrected chi connectivity index (χ0v) is 13.8. The quantitative estimate of drug-likeness (QED) is 0.596. The van der Waals surface area contributed by atoms with Gasteiger partial charge in [-0.3, -0.25) is 4.79 Å². The lowest BCUT2D eigenvalue weighted by atomic mass is 10.1. The fourth-order valence-electron chi connectivity index (χ4n) is 2.29. The fraction of sp³-hybridized carbons (Fsp3) is 0.267. The molecule has 0 heterocycles. The van der Waals surface area contributed by atoms with Crippen LogP contribution in [0.4, 0.5) is 5.69 Å². The summed E-state index contributed by atoms with van der Waals surface area (Å²) in [6, 6.07) is 10.5. The van der Waals surface area contributed by atoms with E-state index in [4.69, 9.17) is 11.6 Å². The lowest BCUT2D eigenvalue weighted by Crippen LogP contribution is -2.19. The first-order valence-electron chi connectivity index (χ1n) is 6.52. The zero-order chi connectivity index (χ0) is 16.3. The number of hydrogen-bond donors (Lipinski definition) is 0. The van der Waals surface area contributed by atoms with Crippen LogP contribution < -0.4 is 4.90 Å². The predicted molar refractivity (Wildman–Crippen MR) is 87.1 cm³/mol. The van der Waals surface area contributed by atoms with E-state index in [1.807, 2.05) is 31.1 Å². The van der Waals surface area contributed by atoms with Crippen LogP contribution in [0.25, 0.3) is 10.8 Å². The minimum atomic E-state index is -3.69.